The Morgan fingerprint density at radius 2 is 1.23 bits per heavy atom. The highest BCUT2D eigenvalue weighted by Gasteiger charge is 2.56. The van der Waals surface area contributed by atoms with Gasteiger partial charge < -0.3 is 9.67 Å². The summed E-state index contributed by atoms with van der Waals surface area (Å²) in [5.74, 6) is 0. The Kier molecular flexibility index (Phi) is 7.61. The monoisotopic (exact) mass is 595 g/mol. The number of aliphatic hydroxyl groups excluding tert-OH is 1. The van der Waals surface area contributed by atoms with Gasteiger partial charge in [-0.15, -0.1) is 0 Å². The van der Waals surface area contributed by atoms with Crippen LogP contribution in [-0.2, 0) is 16.4 Å². The summed E-state index contributed by atoms with van der Waals surface area (Å²) >= 11 is 0. The summed E-state index contributed by atoms with van der Waals surface area (Å²) in [6.07, 6.45) is 1.73. The summed E-state index contributed by atoms with van der Waals surface area (Å²) < 4.78 is 20.4. The Labute approximate surface area is 265 Å². The van der Waals surface area contributed by atoms with Crippen LogP contribution in [0.3, 0.4) is 0 Å². The molecule has 0 spiro atoms. The second-order valence-corrected chi connectivity index (χ2v) is 17.7. The van der Waals surface area contributed by atoms with Crippen molar-refractivity contribution in [1.29, 1.82) is 0 Å². The Morgan fingerprint density at radius 1 is 0.750 bits per heavy atom. The van der Waals surface area contributed by atoms with Gasteiger partial charge in [-0.1, -0.05) is 119 Å². The summed E-state index contributed by atoms with van der Waals surface area (Å²) in [5.41, 5.74) is 2.71. The van der Waals surface area contributed by atoms with E-state index in [1.807, 2.05) is 30.3 Å². The van der Waals surface area contributed by atoms with E-state index in [-0.39, 0.29) is 22.7 Å². The molecule has 1 N–H and O–H groups in total. The summed E-state index contributed by atoms with van der Waals surface area (Å²) in [5, 5.41) is 14.8. The predicted molar refractivity (Wildman–Crippen MR) is 187 cm³/mol. The number of allylic oxidation sites excluding steroid dienone is 1. The highest BCUT2D eigenvalue weighted by molar-refractivity contribution is 6.09. The molecule has 0 saturated heterocycles. The lowest BCUT2D eigenvalue weighted by Crippen LogP contribution is -2.56. The lowest BCUT2D eigenvalue weighted by atomic mass is 9.59. The topological polar surface area (TPSA) is 25.2 Å². The van der Waals surface area contributed by atoms with Gasteiger partial charge in [-0.2, -0.15) is 0 Å². The van der Waals surface area contributed by atoms with E-state index in [4.69, 9.17) is 0 Å². The quantitative estimate of drug-likeness (QED) is 0.249. The van der Waals surface area contributed by atoms with Gasteiger partial charge >= 0.3 is 0 Å². The smallest absolute Gasteiger partial charge is 0.137 e. The van der Waals surface area contributed by atoms with Crippen LogP contribution in [0.2, 0.25) is 0 Å². The van der Waals surface area contributed by atoms with Crippen LogP contribution in [0.5, 0.6) is 0 Å². The van der Waals surface area contributed by atoms with Crippen LogP contribution in [0.25, 0.3) is 27.4 Å². The fourth-order valence-corrected chi connectivity index (χ4v) is 7.82. The van der Waals surface area contributed by atoms with Crippen molar-refractivity contribution in [3.8, 4) is 0 Å². The summed E-state index contributed by atoms with van der Waals surface area (Å²) in [6.45, 7) is 26.2. The molecule has 0 saturated carbocycles. The molecular weight excluding hydrogens is 541 g/mol. The fourth-order valence-electron chi connectivity index (χ4n) is 7.82. The molecule has 3 atom stereocenters. The minimum Gasteiger partial charge on any atom is -0.386 e. The van der Waals surface area contributed by atoms with Gasteiger partial charge in [-0.25, -0.2) is 4.39 Å². The molecule has 44 heavy (non-hydrogen) atoms. The number of halogens is 1. The van der Waals surface area contributed by atoms with Crippen molar-refractivity contribution in [2.45, 2.75) is 124 Å². The summed E-state index contributed by atoms with van der Waals surface area (Å²) in [4.78, 5) is 0. The zero-order valence-corrected chi connectivity index (χ0v) is 29.2. The molecule has 3 unspecified atom stereocenters. The van der Waals surface area contributed by atoms with Crippen molar-refractivity contribution in [1.82, 2.24) is 4.57 Å². The molecule has 5 rings (SSSR count). The van der Waals surface area contributed by atoms with Gasteiger partial charge in [-0.05, 0) is 82.2 Å². The van der Waals surface area contributed by atoms with Crippen molar-refractivity contribution >= 4 is 27.4 Å². The van der Waals surface area contributed by atoms with E-state index in [0.717, 1.165) is 27.4 Å². The molecule has 236 valence electrons. The largest absolute Gasteiger partial charge is 0.386 e. The second kappa shape index (κ2) is 10.3. The van der Waals surface area contributed by atoms with E-state index in [0.29, 0.717) is 12.0 Å². The Morgan fingerprint density at radius 3 is 1.66 bits per heavy atom. The standard InChI is InChI=1S/C41H54FNO/c1-36(2,3)25-39(10,11)41(42)24-32(27-16-14-13-15-17-27)35(44)40(12,26-41)43-33-20-18-28(37(4,5)6)22-30(33)31-23-29(38(7,8)9)19-21-34(31)43/h13-24,35,44H,25-26H2,1-12H3. The summed E-state index contributed by atoms with van der Waals surface area (Å²) in [7, 11) is 0. The van der Waals surface area contributed by atoms with E-state index < -0.39 is 22.7 Å². The maximum atomic E-state index is 18.1. The molecule has 1 aliphatic rings. The van der Waals surface area contributed by atoms with Crippen LogP contribution >= 0.6 is 0 Å². The first-order chi connectivity index (χ1) is 20.1. The van der Waals surface area contributed by atoms with Crippen LogP contribution in [0.4, 0.5) is 4.39 Å². The molecule has 4 aromatic rings. The number of aromatic nitrogens is 1. The third-order valence-corrected chi connectivity index (χ3v) is 10.1. The second-order valence-electron chi connectivity index (χ2n) is 17.7. The van der Waals surface area contributed by atoms with Crippen LogP contribution in [0, 0.1) is 10.8 Å². The van der Waals surface area contributed by atoms with E-state index in [1.54, 1.807) is 6.08 Å². The highest BCUT2D eigenvalue weighted by Crippen LogP contribution is 2.56. The van der Waals surface area contributed by atoms with Gasteiger partial charge in [0.05, 0.1) is 5.54 Å². The zero-order valence-electron chi connectivity index (χ0n) is 29.2. The molecule has 0 aliphatic heterocycles. The first kappa shape index (κ1) is 32.5. The first-order valence-electron chi connectivity index (χ1n) is 16.3. The molecule has 1 aromatic heterocycles. The molecular formula is C41H54FNO. The van der Waals surface area contributed by atoms with Gasteiger partial charge in [0.1, 0.15) is 11.8 Å². The number of benzene rings is 3. The average molecular weight is 596 g/mol. The van der Waals surface area contributed by atoms with E-state index in [1.165, 1.54) is 11.1 Å². The maximum Gasteiger partial charge on any atom is 0.137 e. The Hall–Kier alpha value is -2.91. The molecule has 0 amide bonds. The number of aliphatic hydroxyl groups is 1. The third kappa shape index (κ3) is 5.55. The molecule has 0 radical (unpaired) electrons. The SMILES string of the molecule is CC(C)(C)CC(C)(C)C1(F)C=C(c2ccccc2)C(O)C(C)(n2c3ccc(C(C)(C)C)cc3c3cc(C(C)(C)C)ccc32)C1. The normalized spacial score (nSPS) is 23.8. The van der Waals surface area contributed by atoms with Crippen molar-refractivity contribution in [3.05, 3.63) is 89.5 Å². The number of hydrogen-bond acceptors (Lipinski definition) is 1. The fraction of sp³-hybridized carbons (Fsp3) is 0.512. The number of rotatable bonds is 4. The van der Waals surface area contributed by atoms with Gasteiger partial charge in [0.2, 0.25) is 0 Å². The molecule has 0 fully saturated rings. The van der Waals surface area contributed by atoms with Gasteiger partial charge in [0.15, 0.2) is 0 Å². The molecule has 1 heterocycles. The highest BCUT2D eigenvalue weighted by atomic mass is 19.1. The molecule has 1 aliphatic carbocycles. The number of fused-ring (bicyclic) bond motifs is 3. The number of hydrogen-bond donors (Lipinski definition) is 1. The molecule has 3 heteroatoms. The van der Waals surface area contributed by atoms with Gasteiger partial charge in [0.25, 0.3) is 0 Å². The predicted octanol–water partition coefficient (Wildman–Crippen LogP) is 11.1. The minimum atomic E-state index is -1.67. The van der Waals surface area contributed by atoms with E-state index in [2.05, 4.69) is 124 Å². The minimum absolute atomic E-state index is 0.0210. The number of nitrogens with zero attached hydrogens (tertiary/aromatic N) is 1. The van der Waals surface area contributed by atoms with E-state index in [9.17, 15) is 5.11 Å². The van der Waals surface area contributed by atoms with Crippen molar-refractivity contribution in [3.63, 3.8) is 0 Å². The molecule has 0 bridgehead atoms. The van der Waals surface area contributed by atoms with Crippen molar-refractivity contribution < 1.29 is 9.50 Å². The van der Waals surface area contributed by atoms with Gasteiger partial charge in [-0.3, -0.25) is 0 Å². The lowest BCUT2D eigenvalue weighted by molar-refractivity contribution is -0.0396. The first-order valence-corrected chi connectivity index (χ1v) is 16.3. The number of alkyl halides is 1. The van der Waals surface area contributed by atoms with E-state index >= 15 is 4.39 Å². The Balaban J connectivity index is 1.85. The third-order valence-electron chi connectivity index (χ3n) is 10.1. The molecule has 2 nitrogen and oxygen atoms in total. The zero-order chi connectivity index (χ0) is 32.7. The van der Waals surface area contributed by atoms with Crippen LogP contribution < -0.4 is 0 Å². The van der Waals surface area contributed by atoms with Crippen LogP contribution in [0.1, 0.15) is 113 Å². The van der Waals surface area contributed by atoms with Crippen LogP contribution in [0.15, 0.2) is 72.8 Å². The lowest BCUT2D eigenvalue weighted by Gasteiger charge is -2.52. The average Bonchev–Trinajstić information content (AvgIpc) is 3.23. The maximum absolute atomic E-state index is 18.1. The van der Waals surface area contributed by atoms with Gasteiger partial charge in [0, 0.05) is 33.6 Å². The van der Waals surface area contributed by atoms with Crippen molar-refractivity contribution in [2.75, 3.05) is 0 Å². The van der Waals surface area contributed by atoms with Crippen molar-refractivity contribution in [2.24, 2.45) is 10.8 Å². The van der Waals surface area contributed by atoms with Crippen LogP contribution in [-0.4, -0.2) is 21.4 Å². The summed E-state index contributed by atoms with van der Waals surface area (Å²) in [6, 6.07) is 23.4. The molecule has 3 aromatic carbocycles. The Bertz CT molecular complexity index is 1650.